The molecule has 2 N–H and O–H groups in total. The van der Waals surface area contributed by atoms with Crippen LogP contribution in [0.1, 0.15) is 36.8 Å². The smallest absolute Gasteiger partial charge is 0.407 e. The summed E-state index contributed by atoms with van der Waals surface area (Å²) in [7, 11) is 0. The second-order valence-electron chi connectivity index (χ2n) is 7.80. The maximum Gasteiger partial charge on any atom is 0.407 e. The SMILES string of the molecule is CCCN(CC(=O)O)C(=O)C(CC(F)F)NC(=O)OCC1c2ccccc2-c2ccccc21. The van der Waals surface area contributed by atoms with Crippen LogP contribution in [0.3, 0.4) is 0 Å². The predicted molar refractivity (Wildman–Crippen MR) is 117 cm³/mol. The number of ether oxygens (including phenoxy) is 1. The van der Waals surface area contributed by atoms with Gasteiger partial charge in [-0.3, -0.25) is 9.59 Å². The van der Waals surface area contributed by atoms with E-state index in [2.05, 4.69) is 5.32 Å². The standard InChI is InChI=1S/C24H26F2N2O5/c1-2-11-28(13-22(29)30)23(31)20(12-21(25)26)27-24(32)33-14-19-17-9-5-3-7-15(17)16-8-4-6-10-18(16)19/h3-10,19-21H,2,11-14H2,1H3,(H,27,32)(H,29,30). The Labute approximate surface area is 190 Å². The van der Waals surface area contributed by atoms with Gasteiger partial charge in [0.15, 0.2) is 0 Å². The van der Waals surface area contributed by atoms with Crippen LogP contribution in [-0.2, 0) is 14.3 Å². The number of hydrogen-bond donors (Lipinski definition) is 2. The number of rotatable bonds is 10. The fourth-order valence-electron chi connectivity index (χ4n) is 4.10. The third-order valence-corrected chi connectivity index (χ3v) is 5.48. The van der Waals surface area contributed by atoms with Crippen molar-refractivity contribution in [1.29, 1.82) is 0 Å². The summed E-state index contributed by atoms with van der Waals surface area (Å²) in [5.41, 5.74) is 4.05. The molecule has 1 aliphatic carbocycles. The minimum Gasteiger partial charge on any atom is -0.480 e. The van der Waals surface area contributed by atoms with E-state index in [-0.39, 0.29) is 19.1 Å². The first-order valence-corrected chi connectivity index (χ1v) is 10.7. The van der Waals surface area contributed by atoms with Gasteiger partial charge in [-0.05, 0) is 28.7 Å². The normalized spacial score (nSPS) is 13.2. The number of benzene rings is 2. The molecule has 1 aliphatic rings. The summed E-state index contributed by atoms with van der Waals surface area (Å²) in [6, 6.07) is 13.9. The lowest BCUT2D eigenvalue weighted by molar-refractivity contribution is -0.145. The molecule has 2 aromatic rings. The molecule has 0 heterocycles. The summed E-state index contributed by atoms with van der Waals surface area (Å²) < 4.78 is 31.5. The zero-order chi connectivity index (χ0) is 24.0. The van der Waals surface area contributed by atoms with Gasteiger partial charge >= 0.3 is 12.1 Å². The zero-order valence-electron chi connectivity index (χ0n) is 18.2. The van der Waals surface area contributed by atoms with Gasteiger partial charge < -0.3 is 20.1 Å². The molecule has 0 saturated carbocycles. The Balaban J connectivity index is 1.70. The highest BCUT2D eigenvalue weighted by Gasteiger charge is 2.32. The van der Waals surface area contributed by atoms with Crippen molar-refractivity contribution in [1.82, 2.24) is 10.2 Å². The lowest BCUT2D eigenvalue weighted by Crippen LogP contribution is -2.51. The fraction of sp³-hybridized carbons (Fsp3) is 0.375. The third kappa shape index (κ3) is 5.85. The number of carboxylic acid groups (broad SMARTS) is 1. The lowest BCUT2D eigenvalue weighted by atomic mass is 9.98. The first-order chi connectivity index (χ1) is 15.8. The average Bonchev–Trinajstić information content (AvgIpc) is 3.09. The molecule has 1 unspecified atom stereocenters. The van der Waals surface area contributed by atoms with Crippen molar-refractivity contribution in [2.45, 2.75) is 38.2 Å². The van der Waals surface area contributed by atoms with Crippen LogP contribution in [0.15, 0.2) is 48.5 Å². The van der Waals surface area contributed by atoms with Crippen LogP contribution in [-0.4, -0.2) is 60.1 Å². The Morgan fingerprint density at radius 1 is 1.06 bits per heavy atom. The highest BCUT2D eigenvalue weighted by Crippen LogP contribution is 2.44. The van der Waals surface area contributed by atoms with Crippen molar-refractivity contribution in [2.24, 2.45) is 0 Å². The second kappa shape index (κ2) is 10.9. The number of hydrogen-bond acceptors (Lipinski definition) is 4. The van der Waals surface area contributed by atoms with Crippen molar-refractivity contribution in [2.75, 3.05) is 19.7 Å². The van der Waals surface area contributed by atoms with Gasteiger partial charge in [-0.2, -0.15) is 0 Å². The van der Waals surface area contributed by atoms with Gasteiger partial charge in [-0.15, -0.1) is 0 Å². The molecule has 1 atom stereocenters. The molecule has 2 aromatic carbocycles. The van der Waals surface area contributed by atoms with Gasteiger partial charge in [0.05, 0.1) is 0 Å². The third-order valence-electron chi connectivity index (χ3n) is 5.48. The monoisotopic (exact) mass is 460 g/mol. The number of alkyl halides is 2. The molecule has 7 nitrogen and oxygen atoms in total. The number of fused-ring (bicyclic) bond motifs is 3. The summed E-state index contributed by atoms with van der Waals surface area (Å²) in [5, 5.41) is 11.2. The number of nitrogens with zero attached hydrogens (tertiary/aromatic N) is 1. The van der Waals surface area contributed by atoms with Gasteiger partial charge in [0.25, 0.3) is 0 Å². The first-order valence-electron chi connectivity index (χ1n) is 10.7. The lowest BCUT2D eigenvalue weighted by Gasteiger charge is -2.26. The average molecular weight is 460 g/mol. The van der Waals surface area contributed by atoms with Crippen molar-refractivity contribution < 1.29 is 33.0 Å². The zero-order valence-corrected chi connectivity index (χ0v) is 18.2. The van der Waals surface area contributed by atoms with E-state index >= 15 is 0 Å². The molecule has 0 spiro atoms. The first kappa shape index (κ1) is 24.2. The quantitative estimate of drug-likeness (QED) is 0.561. The number of halogens is 2. The number of carbonyl (C=O) groups excluding carboxylic acids is 2. The fourth-order valence-corrected chi connectivity index (χ4v) is 4.10. The number of amides is 2. The maximum atomic E-state index is 13.1. The molecule has 176 valence electrons. The number of carbonyl (C=O) groups is 3. The number of carboxylic acids is 1. The van der Waals surface area contributed by atoms with Crippen LogP contribution >= 0.6 is 0 Å². The Bertz CT molecular complexity index is 968. The van der Waals surface area contributed by atoms with Crippen molar-refractivity contribution in [3.8, 4) is 11.1 Å². The minimum atomic E-state index is -2.87. The molecular weight excluding hydrogens is 434 g/mol. The van der Waals surface area contributed by atoms with Crippen molar-refractivity contribution in [3.63, 3.8) is 0 Å². The molecule has 0 aliphatic heterocycles. The van der Waals surface area contributed by atoms with E-state index in [4.69, 9.17) is 9.84 Å². The van der Waals surface area contributed by atoms with Gasteiger partial charge in [-0.25, -0.2) is 13.6 Å². The topological polar surface area (TPSA) is 95.9 Å². The van der Waals surface area contributed by atoms with E-state index in [1.165, 1.54) is 0 Å². The van der Waals surface area contributed by atoms with Gasteiger partial charge in [-0.1, -0.05) is 55.5 Å². The van der Waals surface area contributed by atoms with Crippen LogP contribution in [0.25, 0.3) is 11.1 Å². The van der Waals surface area contributed by atoms with Crippen LogP contribution in [0, 0.1) is 0 Å². The number of aliphatic carboxylic acids is 1. The Morgan fingerprint density at radius 2 is 1.64 bits per heavy atom. The minimum absolute atomic E-state index is 0.0384. The molecule has 3 rings (SSSR count). The van der Waals surface area contributed by atoms with Crippen LogP contribution < -0.4 is 5.32 Å². The highest BCUT2D eigenvalue weighted by atomic mass is 19.3. The van der Waals surface area contributed by atoms with Gasteiger partial charge in [0, 0.05) is 18.9 Å². The molecule has 0 saturated heterocycles. The summed E-state index contributed by atoms with van der Waals surface area (Å²) in [5.74, 6) is -2.38. The molecule has 33 heavy (non-hydrogen) atoms. The van der Waals surface area contributed by atoms with Crippen LogP contribution in [0.2, 0.25) is 0 Å². The van der Waals surface area contributed by atoms with Crippen molar-refractivity contribution >= 4 is 18.0 Å². The summed E-state index contributed by atoms with van der Waals surface area (Å²) in [6.45, 7) is 1.11. The van der Waals surface area contributed by atoms with Crippen LogP contribution in [0.4, 0.5) is 13.6 Å². The molecular formula is C24H26F2N2O5. The highest BCUT2D eigenvalue weighted by molar-refractivity contribution is 5.88. The number of nitrogens with one attached hydrogen (secondary N) is 1. The second-order valence-corrected chi connectivity index (χ2v) is 7.80. The van der Waals surface area contributed by atoms with E-state index in [9.17, 15) is 23.2 Å². The predicted octanol–water partition coefficient (Wildman–Crippen LogP) is 3.87. The summed E-state index contributed by atoms with van der Waals surface area (Å²) >= 11 is 0. The Hall–Kier alpha value is -3.49. The van der Waals surface area contributed by atoms with Crippen LogP contribution in [0.5, 0.6) is 0 Å². The van der Waals surface area contributed by atoms with Gasteiger partial charge in [0.1, 0.15) is 19.2 Å². The van der Waals surface area contributed by atoms with E-state index in [0.717, 1.165) is 27.2 Å². The van der Waals surface area contributed by atoms with E-state index in [1.54, 1.807) is 6.92 Å². The molecule has 0 fully saturated rings. The van der Waals surface area contributed by atoms with E-state index in [0.29, 0.717) is 6.42 Å². The largest absolute Gasteiger partial charge is 0.480 e. The maximum absolute atomic E-state index is 13.1. The van der Waals surface area contributed by atoms with Crippen molar-refractivity contribution in [3.05, 3.63) is 59.7 Å². The molecule has 9 heteroatoms. The van der Waals surface area contributed by atoms with Gasteiger partial charge in [0.2, 0.25) is 12.3 Å². The number of alkyl carbamates (subject to hydrolysis) is 1. The Morgan fingerprint density at radius 3 is 2.15 bits per heavy atom. The molecule has 0 radical (unpaired) electrons. The molecule has 0 bridgehead atoms. The summed E-state index contributed by atoms with van der Waals surface area (Å²) in [4.78, 5) is 37.1. The summed E-state index contributed by atoms with van der Waals surface area (Å²) in [6.07, 6.45) is -4.39. The molecule has 2 amide bonds. The Kier molecular flexibility index (Phi) is 7.97. The van der Waals surface area contributed by atoms with E-state index in [1.807, 2.05) is 48.5 Å². The molecule has 0 aromatic heterocycles. The van der Waals surface area contributed by atoms with E-state index < -0.39 is 43.4 Å².